The Hall–Kier alpha value is -2.39. The van der Waals surface area contributed by atoms with Gasteiger partial charge in [-0.2, -0.15) is 0 Å². The minimum absolute atomic E-state index is 0.130. The van der Waals surface area contributed by atoms with Gasteiger partial charge in [-0.3, -0.25) is 0 Å². The number of benzene rings is 2. The molecule has 118 valence electrons. The lowest BCUT2D eigenvalue weighted by Crippen LogP contribution is -2.30. The van der Waals surface area contributed by atoms with Gasteiger partial charge in [0.25, 0.3) is 0 Å². The molecule has 0 fully saturated rings. The summed E-state index contributed by atoms with van der Waals surface area (Å²) in [7, 11) is 0. The minimum atomic E-state index is -0.600. The Morgan fingerprint density at radius 3 is 2.35 bits per heavy atom. The van der Waals surface area contributed by atoms with E-state index in [0.29, 0.717) is 5.56 Å². The maximum absolute atomic E-state index is 12.5. The van der Waals surface area contributed by atoms with Crippen LogP contribution >= 0.6 is 0 Å². The molecule has 0 spiro atoms. The van der Waals surface area contributed by atoms with Crippen LogP contribution in [0.25, 0.3) is 0 Å². The van der Waals surface area contributed by atoms with E-state index in [4.69, 9.17) is 4.74 Å². The number of esters is 1. The summed E-state index contributed by atoms with van der Waals surface area (Å²) in [6.45, 7) is 0. The third-order valence-corrected chi connectivity index (χ3v) is 4.20. The lowest BCUT2D eigenvalue weighted by atomic mass is 9.84. The zero-order valence-electron chi connectivity index (χ0n) is 12.8. The molecule has 0 saturated carbocycles. The summed E-state index contributed by atoms with van der Waals surface area (Å²) in [5, 5.41) is 10.3. The van der Waals surface area contributed by atoms with Crippen molar-refractivity contribution < 1.29 is 14.6 Å². The molecule has 0 radical (unpaired) electrons. The number of rotatable bonds is 4. The molecule has 0 heterocycles. The number of aliphatic hydroxyl groups excluding tert-OH is 1. The molecule has 1 N–H and O–H groups in total. The highest BCUT2D eigenvalue weighted by Gasteiger charge is 2.32. The van der Waals surface area contributed by atoms with Gasteiger partial charge in [0, 0.05) is 5.92 Å². The lowest BCUT2D eigenvalue weighted by Gasteiger charge is -2.31. The number of hydrogen-bond acceptors (Lipinski definition) is 3. The number of aliphatic hydroxyl groups is 1. The Balaban J connectivity index is 1.86. The molecule has 1 aliphatic carbocycles. The number of ether oxygens (including phenoxy) is 1. The van der Waals surface area contributed by atoms with Gasteiger partial charge in [0.15, 0.2) is 0 Å². The van der Waals surface area contributed by atoms with E-state index in [0.717, 1.165) is 18.4 Å². The van der Waals surface area contributed by atoms with E-state index in [1.807, 2.05) is 54.6 Å². The molecule has 0 aromatic heterocycles. The molecule has 0 amide bonds. The summed E-state index contributed by atoms with van der Waals surface area (Å²) < 4.78 is 5.80. The van der Waals surface area contributed by atoms with Gasteiger partial charge in [0.2, 0.25) is 0 Å². The molecule has 0 bridgehead atoms. The number of carbonyl (C=O) groups excluding carboxylic acids is 1. The topological polar surface area (TPSA) is 46.5 Å². The highest BCUT2D eigenvalue weighted by atomic mass is 16.5. The van der Waals surface area contributed by atoms with Crippen LogP contribution in [-0.4, -0.2) is 17.2 Å². The van der Waals surface area contributed by atoms with Gasteiger partial charge in [-0.25, -0.2) is 4.79 Å². The number of hydrogen-bond donors (Lipinski definition) is 1. The summed E-state index contributed by atoms with van der Waals surface area (Å²) in [5.74, 6) is -0.490. The predicted molar refractivity (Wildman–Crippen MR) is 88.9 cm³/mol. The van der Waals surface area contributed by atoms with Crippen molar-refractivity contribution in [1.82, 2.24) is 0 Å². The fraction of sp³-hybridized carbons (Fsp3) is 0.250. The summed E-state index contributed by atoms with van der Waals surface area (Å²) in [5.41, 5.74) is 1.44. The maximum atomic E-state index is 12.5. The predicted octanol–water partition coefficient (Wildman–Crippen LogP) is 3.91. The van der Waals surface area contributed by atoms with E-state index in [9.17, 15) is 9.90 Å². The van der Waals surface area contributed by atoms with Crippen LogP contribution in [-0.2, 0) is 4.74 Å². The summed E-state index contributed by atoms with van der Waals surface area (Å²) in [6.07, 6.45) is 4.39. The molecule has 3 rings (SSSR count). The van der Waals surface area contributed by atoms with Crippen LogP contribution in [0.1, 0.15) is 34.9 Å². The second-order valence-corrected chi connectivity index (χ2v) is 5.76. The van der Waals surface area contributed by atoms with Crippen molar-refractivity contribution in [3.63, 3.8) is 0 Å². The summed E-state index contributed by atoms with van der Waals surface area (Å²) in [4.78, 5) is 12.5. The third-order valence-electron chi connectivity index (χ3n) is 4.20. The van der Waals surface area contributed by atoms with Gasteiger partial charge in [-0.15, -0.1) is 0 Å². The third kappa shape index (κ3) is 3.69. The highest BCUT2D eigenvalue weighted by Crippen LogP contribution is 2.35. The van der Waals surface area contributed by atoms with Gasteiger partial charge in [-0.1, -0.05) is 60.7 Å². The molecule has 2 aromatic carbocycles. The Morgan fingerprint density at radius 1 is 1.04 bits per heavy atom. The molecular formula is C20H20O3. The van der Waals surface area contributed by atoms with Gasteiger partial charge < -0.3 is 9.84 Å². The van der Waals surface area contributed by atoms with Crippen molar-refractivity contribution in [1.29, 1.82) is 0 Å². The van der Waals surface area contributed by atoms with E-state index in [-0.39, 0.29) is 11.9 Å². The van der Waals surface area contributed by atoms with Crippen LogP contribution in [0, 0.1) is 5.92 Å². The van der Waals surface area contributed by atoms with Crippen LogP contribution in [0.4, 0.5) is 0 Å². The second-order valence-electron chi connectivity index (χ2n) is 5.76. The van der Waals surface area contributed by atoms with Crippen molar-refractivity contribution in [3.8, 4) is 0 Å². The first-order chi connectivity index (χ1) is 11.3. The molecule has 2 aromatic rings. The summed E-state index contributed by atoms with van der Waals surface area (Å²) >= 11 is 0. The molecular weight excluding hydrogens is 288 g/mol. The SMILES string of the molecule is O=C(O[C@H](c1ccccc1)[C@@H]1CCC=C[C@H]1O)c1ccccc1. The first kappa shape index (κ1) is 15.5. The van der Waals surface area contributed by atoms with Gasteiger partial charge in [0.1, 0.15) is 6.10 Å². The fourth-order valence-corrected chi connectivity index (χ4v) is 2.97. The average molecular weight is 308 g/mol. The number of allylic oxidation sites excluding steroid dienone is 1. The molecule has 0 aliphatic heterocycles. The fourth-order valence-electron chi connectivity index (χ4n) is 2.97. The zero-order valence-corrected chi connectivity index (χ0v) is 12.8. The minimum Gasteiger partial charge on any atom is -0.453 e. The van der Waals surface area contributed by atoms with Crippen molar-refractivity contribution in [2.24, 2.45) is 5.92 Å². The van der Waals surface area contributed by atoms with E-state index in [2.05, 4.69) is 0 Å². The van der Waals surface area contributed by atoms with E-state index < -0.39 is 12.2 Å². The number of carbonyl (C=O) groups is 1. The molecule has 0 saturated heterocycles. The first-order valence-electron chi connectivity index (χ1n) is 7.91. The van der Waals surface area contributed by atoms with Crippen LogP contribution in [0.15, 0.2) is 72.8 Å². The zero-order chi connectivity index (χ0) is 16.1. The van der Waals surface area contributed by atoms with E-state index >= 15 is 0 Å². The smallest absolute Gasteiger partial charge is 0.338 e. The quantitative estimate of drug-likeness (QED) is 0.688. The van der Waals surface area contributed by atoms with Crippen molar-refractivity contribution >= 4 is 5.97 Å². The molecule has 0 unspecified atom stereocenters. The summed E-state index contributed by atoms with van der Waals surface area (Å²) in [6, 6.07) is 18.6. The lowest BCUT2D eigenvalue weighted by molar-refractivity contribution is -0.0135. The Kier molecular flexibility index (Phi) is 4.89. The maximum Gasteiger partial charge on any atom is 0.338 e. The van der Waals surface area contributed by atoms with E-state index in [1.165, 1.54) is 0 Å². The Morgan fingerprint density at radius 2 is 1.70 bits per heavy atom. The van der Waals surface area contributed by atoms with Crippen molar-refractivity contribution in [2.75, 3.05) is 0 Å². The molecule has 23 heavy (non-hydrogen) atoms. The van der Waals surface area contributed by atoms with Crippen molar-refractivity contribution in [2.45, 2.75) is 25.0 Å². The van der Waals surface area contributed by atoms with Crippen LogP contribution in [0.5, 0.6) is 0 Å². The standard InChI is InChI=1S/C20H20O3/c21-18-14-8-7-13-17(18)19(15-9-3-1-4-10-15)23-20(22)16-11-5-2-6-12-16/h1-6,8-12,14,17-19,21H,7,13H2/t17-,18-,19-/m1/s1. The average Bonchev–Trinajstić information content (AvgIpc) is 2.62. The normalized spacial score (nSPS) is 21.6. The molecule has 3 heteroatoms. The molecule has 3 nitrogen and oxygen atoms in total. The Labute approximate surface area is 136 Å². The largest absolute Gasteiger partial charge is 0.453 e. The Bertz CT molecular complexity index is 664. The first-order valence-corrected chi connectivity index (χ1v) is 7.91. The highest BCUT2D eigenvalue weighted by molar-refractivity contribution is 5.89. The van der Waals surface area contributed by atoms with Crippen LogP contribution in [0.3, 0.4) is 0 Å². The second kappa shape index (κ2) is 7.25. The molecule has 1 aliphatic rings. The van der Waals surface area contributed by atoms with Gasteiger partial charge in [-0.05, 0) is 30.5 Å². The van der Waals surface area contributed by atoms with E-state index in [1.54, 1.807) is 18.2 Å². The van der Waals surface area contributed by atoms with Gasteiger partial charge in [0.05, 0.1) is 11.7 Å². The molecule has 3 atom stereocenters. The van der Waals surface area contributed by atoms with Gasteiger partial charge >= 0.3 is 5.97 Å². The van der Waals surface area contributed by atoms with Crippen molar-refractivity contribution in [3.05, 3.63) is 83.9 Å². The van der Waals surface area contributed by atoms with Crippen LogP contribution in [0.2, 0.25) is 0 Å². The monoisotopic (exact) mass is 308 g/mol. The van der Waals surface area contributed by atoms with Crippen LogP contribution < -0.4 is 0 Å².